The first-order valence-electron chi connectivity index (χ1n) is 6.96. The summed E-state index contributed by atoms with van der Waals surface area (Å²) in [5.74, 6) is 0. The van der Waals surface area contributed by atoms with E-state index in [1.165, 1.54) is 51.4 Å². The highest BCUT2D eigenvalue weighted by Gasteiger charge is 2.26. The summed E-state index contributed by atoms with van der Waals surface area (Å²) in [5.41, 5.74) is 0. The number of unbranched alkanes of at least 4 members (excludes halogenated alkanes) is 3. The fourth-order valence-electron chi connectivity index (χ4n) is 2.44. The Labute approximate surface area is 101 Å². The largest absolute Gasteiger partial charge is 0.379 e. The molecule has 1 aliphatic heterocycles. The van der Waals surface area contributed by atoms with E-state index in [4.69, 9.17) is 9.47 Å². The summed E-state index contributed by atoms with van der Waals surface area (Å²) >= 11 is 0. The number of hydrogen-bond acceptors (Lipinski definition) is 2. The van der Waals surface area contributed by atoms with E-state index in [1.807, 2.05) is 0 Å². The van der Waals surface area contributed by atoms with Crippen molar-refractivity contribution in [1.29, 1.82) is 0 Å². The quantitative estimate of drug-likeness (QED) is 0.615. The second kappa shape index (κ2) is 8.08. The highest BCUT2D eigenvalue weighted by molar-refractivity contribution is 4.75. The predicted molar refractivity (Wildman–Crippen MR) is 67.7 cm³/mol. The van der Waals surface area contributed by atoms with Crippen LogP contribution in [-0.4, -0.2) is 25.4 Å². The molecule has 96 valence electrons. The van der Waals surface area contributed by atoms with Gasteiger partial charge in [-0.1, -0.05) is 32.6 Å². The molecule has 0 unspecified atom stereocenters. The smallest absolute Gasteiger partial charge is 0.0837 e. The van der Waals surface area contributed by atoms with Gasteiger partial charge in [-0.15, -0.1) is 0 Å². The molecule has 2 nitrogen and oxygen atoms in total. The monoisotopic (exact) mass is 228 g/mol. The minimum atomic E-state index is 0.249. The molecule has 3 atom stereocenters. The first kappa shape index (κ1) is 14.0. The summed E-state index contributed by atoms with van der Waals surface area (Å²) < 4.78 is 11.5. The molecule has 0 radical (unpaired) electrons. The van der Waals surface area contributed by atoms with Gasteiger partial charge in [-0.2, -0.15) is 0 Å². The molecule has 0 aliphatic carbocycles. The summed E-state index contributed by atoms with van der Waals surface area (Å²) in [6.45, 7) is 4.37. The van der Waals surface area contributed by atoms with Gasteiger partial charge >= 0.3 is 0 Å². The van der Waals surface area contributed by atoms with E-state index >= 15 is 0 Å². The van der Waals surface area contributed by atoms with Gasteiger partial charge in [0.15, 0.2) is 0 Å². The lowest BCUT2D eigenvalue weighted by Crippen LogP contribution is -2.36. The first-order valence-corrected chi connectivity index (χ1v) is 6.96. The van der Waals surface area contributed by atoms with Gasteiger partial charge in [-0.05, 0) is 32.6 Å². The van der Waals surface area contributed by atoms with E-state index in [2.05, 4.69) is 13.8 Å². The van der Waals surface area contributed by atoms with Crippen LogP contribution in [0, 0.1) is 0 Å². The summed E-state index contributed by atoms with van der Waals surface area (Å²) in [6, 6.07) is 0. The van der Waals surface area contributed by atoms with Gasteiger partial charge in [0.25, 0.3) is 0 Å². The third-order valence-electron chi connectivity index (χ3n) is 3.66. The van der Waals surface area contributed by atoms with Crippen LogP contribution in [0.15, 0.2) is 0 Å². The van der Waals surface area contributed by atoms with Crippen LogP contribution >= 0.6 is 0 Å². The maximum Gasteiger partial charge on any atom is 0.0837 e. The normalized spacial score (nSPS) is 27.9. The lowest BCUT2D eigenvalue weighted by Gasteiger charge is -2.33. The van der Waals surface area contributed by atoms with Crippen molar-refractivity contribution >= 4 is 0 Å². The van der Waals surface area contributed by atoms with Gasteiger partial charge in [0, 0.05) is 7.11 Å². The van der Waals surface area contributed by atoms with Crippen molar-refractivity contribution < 1.29 is 9.47 Å². The maximum atomic E-state index is 6.09. The molecule has 0 aromatic heterocycles. The number of rotatable bonds is 7. The van der Waals surface area contributed by atoms with Crippen molar-refractivity contribution in [3.05, 3.63) is 0 Å². The number of hydrogen-bond donors (Lipinski definition) is 0. The summed E-state index contributed by atoms with van der Waals surface area (Å²) in [4.78, 5) is 0. The van der Waals surface area contributed by atoms with E-state index < -0.39 is 0 Å². The molecular formula is C14H28O2. The summed E-state index contributed by atoms with van der Waals surface area (Å²) in [6.07, 6.45) is 11.4. The molecule has 0 N–H and O–H groups in total. The number of methoxy groups -OCH3 is 1. The Balaban J connectivity index is 2.17. The SMILES string of the molecule is CCCCCC[C@@H]1CCC[C@@H]([C@@H](C)OC)O1. The highest BCUT2D eigenvalue weighted by atomic mass is 16.5. The first-order chi connectivity index (χ1) is 7.77. The van der Waals surface area contributed by atoms with E-state index in [0.29, 0.717) is 12.2 Å². The lowest BCUT2D eigenvalue weighted by atomic mass is 9.97. The predicted octanol–water partition coefficient (Wildman–Crippen LogP) is 3.93. The molecule has 0 aromatic carbocycles. The summed E-state index contributed by atoms with van der Waals surface area (Å²) in [5, 5.41) is 0. The van der Waals surface area contributed by atoms with Crippen molar-refractivity contribution in [3.63, 3.8) is 0 Å². The van der Waals surface area contributed by atoms with Gasteiger partial charge in [-0.3, -0.25) is 0 Å². The van der Waals surface area contributed by atoms with Gasteiger partial charge in [0.1, 0.15) is 0 Å². The van der Waals surface area contributed by atoms with Crippen LogP contribution in [0.25, 0.3) is 0 Å². The molecular weight excluding hydrogens is 200 g/mol. The molecule has 0 bridgehead atoms. The van der Waals surface area contributed by atoms with Gasteiger partial charge < -0.3 is 9.47 Å². The Bertz CT molecular complexity index is 170. The topological polar surface area (TPSA) is 18.5 Å². The molecule has 2 heteroatoms. The molecule has 1 fully saturated rings. The van der Waals surface area contributed by atoms with Crippen LogP contribution in [-0.2, 0) is 9.47 Å². The molecule has 0 amide bonds. The van der Waals surface area contributed by atoms with Crippen LogP contribution in [0.2, 0.25) is 0 Å². The van der Waals surface area contributed by atoms with Crippen molar-refractivity contribution in [1.82, 2.24) is 0 Å². The molecule has 1 heterocycles. The average molecular weight is 228 g/mol. The number of ether oxygens (including phenoxy) is 2. The molecule has 1 rings (SSSR count). The van der Waals surface area contributed by atoms with Crippen molar-refractivity contribution in [2.75, 3.05) is 7.11 Å². The van der Waals surface area contributed by atoms with Gasteiger partial charge in [-0.25, -0.2) is 0 Å². The van der Waals surface area contributed by atoms with Crippen LogP contribution in [0.4, 0.5) is 0 Å². The van der Waals surface area contributed by atoms with E-state index in [-0.39, 0.29) is 6.10 Å². The maximum absolute atomic E-state index is 6.09. The fourth-order valence-corrected chi connectivity index (χ4v) is 2.44. The molecule has 1 aliphatic rings. The summed E-state index contributed by atoms with van der Waals surface area (Å²) in [7, 11) is 1.78. The zero-order valence-electron chi connectivity index (χ0n) is 11.2. The van der Waals surface area contributed by atoms with Crippen LogP contribution in [0.1, 0.15) is 65.2 Å². The Morgan fingerprint density at radius 2 is 2.06 bits per heavy atom. The fraction of sp³-hybridized carbons (Fsp3) is 1.00. The average Bonchev–Trinajstić information content (AvgIpc) is 2.34. The van der Waals surface area contributed by atoms with Crippen molar-refractivity contribution in [3.8, 4) is 0 Å². The third-order valence-corrected chi connectivity index (χ3v) is 3.66. The zero-order valence-corrected chi connectivity index (χ0v) is 11.2. The molecule has 0 spiro atoms. The minimum Gasteiger partial charge on any atom is -0.379 e. The van der Waals surface area contributed by atoms with Gasteiger partial charge in [0.05, 0.1) is 18.3 Å². The second-order valence-corrected chi connectivity index (χ2v) is 5.02. The standard InChI is InChI=1S/C14H28O2/c1-4-5-6-7-9-13-10-8-11-14(16-13)12(2)15-3/h12-14H,4-11H2,1-3H3/t12-,13-,14+/m1/s1. The second-order valence-electron chi connectivity index (χ2n) is 5.02. The van der Waals surface area contributed by atoms with E-state index in [9.17, 15) is 0 Å². The van der Waals surface area contributed by atoms with Crippen molar-refractivity contribution in [2.45, 2.75) is 83.5 Å². The van der Waals surface area contributed by atoms with Gasteiger partial charge in [0.2, 0.25) is 0 Å². The Morgan fingerprint density at radius 1 is 1.25 bits per heavy atom. The third kappa shape index (κ3) is 4.84. The minimum absolute atomic E-state index is 0.249. The Hall–Kier alpha value is -0.0800. The molecule has 0 aromatic rings. The van der Waals surface area contributed by atoms with Crippen LogP contribution < -0.4 is 0 Å². The Morgan fingerprint density at radius 3 is 2.75 bits per heavy atom. The zero-order chi connectivity index (χ0) is 11.8. The van der Waals surface area contributed by atoms with Crippen molar-refractivity contribution in [2.24, 2.45) is 0 Å². The lowest BCUT2D eigenvalue weighted by molar-refractivity contribution is -0.112. The van der Waals surface area contributed by atoms with Crippen LogP contribution in [0.5, 0.6) is 0 Å². The molecule has 0 saturated carbocycles. The van der Waals surface area contributed by atoms with E-state index in [0.717, 1.165) is 0 Å². The van der Waals surface area contributed by atoms with Crippen LogP contribution in [0.3, 0.4) is 0 Å². The highest BCUT2D eigenvalue weighted by Crippen LogP contribution is 2.25. The molecule has 1 saturated heterocycles. The van der Waals surface area contributed by atoms with E-state index in [1.54, 1.807) is 7.11 Å². The molecule has 16 heavy (non-hydrogen) atoms. The Kier molecular flexibility index (Phi) is 7.06.